The molecule has 0 amide bonds. The predicted molar refractivity (Wildman–Crippen MR) is 90.5 cm³/mol. The van der Waals surface area contributed by atoms with Crippen molar-refractivity contribution in [2.45, 2.75) is 39.0 Å². The molecule has 0 heterocycles. The number of aryl methyl sites for hydroxylation is 1. The van der Waals surface area contributed by atoms with Crippen LogP contribution in [0.2, 0.25) is 0 Å². The number of hydrogen-bond acceptors (Lipinski definition) is 2. The number of fused-ring (bicyclic) bond motifs is 2. The first-order chi connectivity index (χ1) is 10.6. The summed E-state index contributed by atoms with van der Waals surface area (Å²) in [4.78, 5) is 13.1. The van der Waals surface area contributed by atoms with Gasteiger partial charge in [-0.3, -0.25) is 4.79 Å². The fourth-order valence-electron chi connectivity index (χ4n) is 5.04. The lowest BCUT2D eigenvalue weighted by Gasteiger charge is -2.44. The number of halogens is 1. The molecule has 0 aliphatic heterocycles. The summed E-state index contributed by atoms with van der Waals surface area (Å²) >= 11 is 3.51. The Balaban J connectivity index is 1.85. The van der Waals surface area contributed by atoms with E-state index in [1.807, 2.05) is 12.1 Å². The molecule has 1 aromatic rings. The van der Waals surface area contributed by atoms with E-state index in [0.717, 1.165) is 34.9 Å². The summed E-state index contributed by atoms with van der Waals surface area (Å²) in [5.41, 5.74) is 2.70. The largest absolute Gasteiger partial charge is 0.511 e. The predicted octanol–water partition coefficient (Wildman–Crippen LogP) is 4.92. The van der Waals surface area contributed by atoms with Crippen molar-refractivity contribution in [2.24, 2.45) is 23.7 Å². The van der Waals surface area contributed by atoms with Crippen LogP contribution in [-0.2, 0) is 11.2 Å². The first-order valence-electron chi connectivity index (χ1n) is 8.38. The van der Waals surface area contributed by atoms with Gasteiger partial charge in [0.15, 0.2) is 5.78 Å². The molecule has 0 spiro atoms. The highest BCUT2D eigenvalue weighted by Crippen LogP contribution is 2.57. The standard InChI is InChI=1S/C19H21BrO2/c1-2-10-7-8-13(20)9-14(10)17-18(21)15-11-3-4-12(6-5-11)16(15)19(17)22/h7-9,11-12,15-16,21H,2-6H2,1H3/t11?,12?,15-,16+/m0/s1. The van der Waals surface area contributed by atoms with Crippen LogP contribution in [-0.4, -0.2) is 10.9 Å². The molecular weight excluding hydrogens is 340 g/mol. The maximum Gasteiger partial charge on any atom is 0.170 e. The van der Waals surface area contributed by atoms with Crippen molar-refractivity contribution in [3.05, 3.63) is 39.6 Å². The molecule has 5 rings (SSSR count). The Morgan fingerprint density at radius 1 is 1.14 bits per heavy atom. The zero-order chi connectivity index (χ0) is 15.4. The minimum atomic E-state index is 0.0474. The number of carbonyl (C=O) groups excluding carboxylic acids is 1. The molecule has 0 aromatic heterocycles. The summed E-state index contributed by atoms with van der Waals surface area (Å²) in [6.45, 7) is 2.10. The van der Waals surface area contributed by atoms with E-state index < -0.39 is 0 Å². The Bertz CT molecular complexity index is 668. The molecule has 3 saturated carbocycles. The monoisotopic (exact) mass is 360 g/mol. The van der Waals surface area contributed by atoms with Crippen LogP contribution in [0.1, 0.15) is 43.7 Å². The number of allylic oxidation sites excluding steroid dienone is 2. The third-order valence-electron chi connectivity index (χ3n) is 6.06. The summed E-state index contributed by atoms with van der Waals surface area (Å²) in [5.74, 6) is 1.72. The van der Waals surface area contributed by atoms with Gasteiger partial charge in [-0.1, -0.05) is 28.9 Å². The van der Waals surface area contributed by atoms with Gasteiger partial charge in [-0.25, -0.2) is 0 Å². The highest BCUT2D eigenvalue weighted by molar-refractivity contribution is 9.10. The van der Waals surface area contributed by atoms with Crippen LogP contribution in [0.15, 0.2) is 28.4 Å². The summed E-state index contributed by atoms with van der Waals surface area (Å²) in [7, 11) is 0. The second-order valence-corrected chi connectivity index (χ2v) is 7.92. The molecule has 0 unspecified atom stereocenters. The van der Waals surface area contributed by atoms with Crippen LogP contribution < -0.4 is 0 Å². The smallest absolute Gasteiger partial charge is 0.170 e. The van der Waals surface area contributed by atoms with Gasteiger partial charge < -0.3 is 5.11 Å². The van der Waals surface area contributed by atoms with Gasteiger partial charge in [0, 0.05) is 16.3 Å². The summed E-state index contributed by atoms with van der Waals surface area (Å²) in [5, 5.41) is 10.9. The molecule has 0 saturated heterocycles. The minimum Gasteiger partial charge on any atom is -0.511 e. The SMILES string of the molecule is CCc1ccc(Br)cc1C1=C(O)[C@H]2C3CCC(CC3)[C@H]2C1=O. The van der Waals surface area contributed by atoms with Gasteiger partial charge in [0.05, 0.1) is 5.57 Å². The van der Waals surface area contributed by atoms with Crippen molar-refractivity contribution >= 4 is 27.3 Å². The zero-order valence-corrected chi connectivity index (χ0v) is 14.4. The molecule has 2 bridgehead atoms. The molecule has 1 aromatic carbocycles. The number of benzene rings is 1. The average Bonchev–Trinajstić information content (AvgIpc) is 2.82. The Morgan fingerprint density at radius 3 is 2.36 bits per heavy atom. The number of carbonyl (C=O) groups is 1. The quantitative estimate of drug-likeness (QED) is 0.812. The molecule has 2 atom stereocenters. The van der Waals surface area contributed by atoms with Gasteiger partial charge in [0.25, 0.3) is 0 Å². The number of ketones is 1. The third-order valence-corrected chi connectivity index (χ3v) is 6.56. The lowest BCUT2D eigenvalue weighted by molar-refractivity contribution is -0.123. The molecule has 0 radical (unpaired) electrons. The first kappa shape index (κ1) is 14.5. The maximum absolute atomic E-state index is 13.1. The Kier molecular flexibility index (Phi) is 3.44. The number of rotatable bonds is 2. The van der Waals surface area contributed by atoms with Gasteiger partial charge in [0.1, 0.15) is 5.76 Å². The van der Waals surface area contributed by atoms with E-state index in [2.05, 4.69) is 28.9 Å². The first-order valence-corrected chi connectivity index (χ1v) is 9.17. The number of Topliss-reactive ketones (excluding diaryl/α,β-unsaturated/α-hetero) is 1. The van der Waals surface area contributed by atoms with Crippen molar-refractivity contribution in [1.82, 2.24) is 0 Å². The lowest BCUT2D eigenvalue weighted by Crippen LogP contribution is -2.41. The molecule has 3 fully saturated rings. The van der Waals surface area contributed by atoms with Crippen LogP contribution in [0.25, 0.3) is 5.57 Å². The molecule has 116 valence electrons. The molecule has 22 heavy (non-hydrogen) atoms. The van der Waals surface area contributed by atoms with E-state index in [9.17, 15) is 9.90 Å². The van der Waals surface area contributed by atoms with Crippen LogP contribution in [0.3, 0.4) is 0 Å². The van der Waals surface area contributed by atoms with Gasteiger partial charge in [-0.15, -0.1) is 0 Å². The maximum atomic E-state index is 13.1. The molecule has 4 aliphatic rings. The van der Waals surface area contributed by atoms with E-state index >= 15 is 0 Å². The normalized spacial score (nSPS) is 33.5. The Labute approximate surface area is 139 Å². The Morgan fingerprint density at radius 2 is 1.77 bits per heavy atom. The van der Waals surface area contributed by atoms with Crippen molar-refractivity contribution in [2.75, 3.05) is 0 Å². The lowest BCUT2D eigenvalue weighted by atomic mass is 9.59. The van der Waals surface area contributed by atoms with Crippen LogP contribution in [0, 0.1) is 23.7 Å². The Hall–Kier alpha value is -1.09. The second kappa shape index (κ2) is 5.23. The number of aliphatic hydroxyl groups is 1. The van der Waals surface area contributed by atoms with Gasteiger partial charge >= 0.3 is 0 Å². The third kappa shape index (κ3) is 1.94. The number of aliphatic hydroxyl groups excluding tert-OH is 1. The van der Waals surface area contributed by atoms with Crippen LogP contribution in [0.5, 0.6) is 0 Å². The van der Waals surface area contributed by atoms with Gasteiger partial charge in [-0.05, 0) is 67.2 Å². The molecule has 1 N–H and O–H groups in total. The topological polar surface area (TPSA) is 37.3 Å². The number of hydrogen-bond donors (Lipinski definition) is 1. The van der Waals surface area contributed by atoms with Gasteiger partial charge in [-0.2, -0.15) is 0 Å². The van der Waals surface area contributed by atoms with Crippen LogP contribution in [0.4, 0.5) is 0 Å². The highest BCUT2D eigenvalue weighted by atomic mass is 79.9. The fraction of sp³-hybridized carbons (Fsp3) is 0.526. The van der Waals surface area contributed by atoms with E-state index in [1.54, 1.807) is 0 Å². The molecule has 3 heteroatoms. The van der Waals surface area contributed by atoms with E-state index in [-0.39, 0.29) is 17.6 Å². The van der Waals surface area contributed by atoms with E-state index in [0.29, 0.717) is 23.2 Å². The van der Waals surface area contributed by atoms with E-state index in [4.69, 9.17) is 0 Å². The molecule has 4 aliphatic carbocycles. The van der Waals surface area contributed by atoms with Gasteiger partial charge in [0.2, 0.25) is 0 Å². The molecule has 2 nitrogen and oxygen atoms in total. The van der Waals surface area contributed by atoms with Crippen molar-refractivity contribution in [3.8, 4) is 0 Å². The molecular formula is C19H21BrO2. The minimum absolute atomic E-state index is 0.0474. The van der Waals surface area contributed by atoms with E-state index in [1.165, 1.54) is 12.8 Å². The van der Waals surface area contributed by atoms with Crippen molar-refractivity contribution in [3.63, 3.8) is 0 Å². The summed E-state index contributed by atoms with van der Waals surface area (Å²) in [6.07, 6.45) is 5.55. The average molecular weight is 361 g/mol. The van der Waals surface area contributed by atoms with Crippen molar-refractivity contribution in [1.29, 1.82) is 0 Å². The highest BCUT2D eigenvalue weighted by Gasteiger charge is 2.54. The summed E-state index contributed by atoms with van der Waals surface area (Å²) in [6, 6.07) is 6.07. The fourth-order valence-corrected chi connectivity index (χ4v) is 5.40. The van der Waals surface area contributed by atoms with Crippen molar-refractivity contribution < 1.29 is 9.90 Å². The second-order valence-electron chi connectivity index (χ2n) is 7.01. The zero-order valence-electron chi connectivity index (χ0n) is 12.8. The van der Waals surface area contributed by atoms with Crippen LogP contribution >= 0.6 is 15.9 Å². The summed E-state index contributed by atoms with van der Waals surface area (Å²) < 4.78 is 0.964.